The summed E-state index contributed by atoms with van der Waals surface area (Å²) >= 11 is 12.0. The number of rotatable bonds is 8. The number of nitrogens with zero attached hydrogens (tertiary/aromatic N) is 1. The summed E-state index contributed by atoms with van der Waals surface area (Å²) in [5.41, 5.74) is 0.380. The Bertz CT molecular complexity index is 561. The number of amides is 2. The van der Waals surface area contributed by atoms with Gasteiger partial charge in [-0.3, -0.25) is 14.5 Å². The van der Waals surface area contributed by atoms with Gasteiger partial charge in [-0.1, -0.05) is 29.3 Å². The second kappa shape index (κ2) is 9.84. The number of halogens is 2. The lowest BCUT2D eigenvalue weighted by atomic mass is 10.1. The average molecular weight is 376 g/mol. The van der Waals surface area contributed by atoms with Crippen molar-refractivity contribution in [3.05, 3.63) is 33.8 Å². The first-order valence-corrected chi connectivity index (χ1v) is 8.32. The van der Waals surface area contributed by atoms with Crippen LogP contribution in [0.1, 0.15) is 25.5 Å². The number of aliphatic hydroxyl groups is 1. The van der Waals surface area contributed by atoms with E-state index in [-0.39, 0.29) is 37.5 Å². The molecule has 24 heavy (non-hydrogen) atoms. The van der Waals surface area contributed by atoms with Crippen LogP contribution in [0.4, 0.5) is 0 Å². The maximum Gasteiger partial charge on any atom is 0.234 e. The molecule has 2 amide bonds. The van der Waals surface area contributed by atoms with Crippen LogP contribution in [-0.4, -0.2) is 54.5 Å². The van der Waals surface area contributed by atoms with E-state index in [1.807, 2.05) is 13.8 Å². The molecule has 0 aromatic heterocycles. The van der Waals surface area contributed by atoms with E-state index in [1.165, 1.54) is 0 Å². The molecule has 3 N–H and O–H groups in total. The van der Waals surface area contributed by atoms with Crippen molar-refractivity contribution < 1.29 is 14.7 Å². The molecule has 134 valence electrons. The largest absolute Gasteiger partial charge is 0.386 e. The van der Waals surface area contributed by atoms with E-state index in [4.69, 9.17) is 23.2 Å². The van der Waals surface area contributed by atoms with Crippen LogP contribution in [0.5, 0.6) is 0 Å². The first-order valence-electron chi connectivity index (χ1n) is 7.57. The number of carbonyl (C=O) groups excluding carboxylic acids is 2. The van der Waals surface area contributed by atoms with Crippen LogP contribution in [-0.2, 0) is 9.59 Å². The van der Waals surface area contributed by atoms with Gasteiger partial charge >= 0.3 is 0 Å². The van der Waals surface area contributed by atoms with E-state index >= 15 is 0 Å². The highest BCUT2D eigenvalue weighted by Gasteiger charge is 2.17. The van der Waals surface area contributed by atoms with Crippen molar-refractivity contribution in [3.8, 4) is 0 Å². The smallest absolute Gasteiger partial charge is 0.234 e. The molecule has 1 aromatic carbocycles. The highest BCUT2D eigenvalue weighted by molar-refractivity contribution is 6.36. The van der Waals surface area contributed by atoms with E-state index in [1.54, 1.807) is 30.1 Å². The van der Waals surface area contributed by atoms with Crippen molar-refractivity contribution in [1.82, 2.24) is 15.5 Å². The highest BCUT2D eigenvalue weighted by Crippen LogP contribution is 2.29. The molecule has 0 aliphatic rings. The zero-order chi connectivity index (χ0) is 18.3. The molecule has 0 fully saturated rings. The topological polar surface area (TPSA) is 81.7 Å². The third-order valence-corrected chi connectivity index (χ3v) is 3.76. The van der Waals surface area contributed by atoms with Gasteiger partial charge in [0.05, 0.1) is 19.2 Å². The zero-order valence-electron chi connectivity index (χ0n) is 14.0. The van der Waals surface area contributed by atoms with Crippen molar-refractivity contribution in [2.45, 2.75) is 26.0 Å². The lowest BCUT2D eigenvalue weighted by molar-refractivity contribution is -0.125. The Morgan fingerprint density at radius 1 is 1.17 bits per heavy atom. The number of hydrogen-bond acceptors (Lipinski definition) is 4. The lowest BCUT2D eigenvalue weighted by Crippen LogP contribution is -2.43. The number of carbonyl (C=O) groups is 2. The first kappa shape index (κ1) is 20.7. The van der Waals surface area contributed by atoms with Gasteiger partial charge in [-0.2, -0.15) is 0 Å². The van der Waals surface area contributed by atoms with Crippen LogP contribution in [0.3, 0.4) is 0 Å². The minimum absolute atomic E-state index is 0.0195. The SMILES string of the molecule is CC(C)NC(=O)CN(C)CC(=O)NC[C@@H](O)c1c(Cl)cccc1Cl. The molecule has 0 saturated heterocycles. The van der Waals surface area contributed by atoms with Gasteiger partial charge in [-0.15, -0.1) is 0 Å². The summed E-state index contributed by atoms with van der Waals surface area (Å²) in [6.45, 7) is 3.87. The Morgan fingerprint density at radius 3 is 2.25 bits per heavy atom. The standard InChI is InChI=1S/C16H23Cl2N3O3/c1-10(2)20-15(24)9-21(3)8-14(23)19-7-13(22)16-11(17)5-4-6-12(16)18/h4-6,10,13,22H,7-9H2,1-3H3,(H,19,23)(H,20,24)/t13-/m1/s1. The Morgan fingerprint density at radius 2 is 1.71 bits per heavy atom. The van der Waals surface area contributed by atoms with Gasteiger partial charge in [0, 0.05) is 28.2 Å². The average Bonchev–Trinajstić information content (AvgIpc) is 2.43. The Hall–Kier alpha value is -1.34. The summed E-state index contributed by atoms with van der Waals surface area (Å²) in [5, 5.41) is 16.2. The molecule has 0 saturated carbocycles. The summed E-state index contributed by atoms with van der Waals surface area (Å²) < 4.78 is 0. The van der Waals surface area contributed by atoms with Crippen molar-refractivity contribution in [2.75, 3.05) is 26.7 Å². The van der Waals surface area contributed by atoms with Gasteiger partial charge in [0.15, 0.2) is 0 Å². The third kappa shape index (κ3) is 7.05. The molecule has 0 unspecified atom stereocenters. The maximum absolute atomic E-state index is 11.9. The van der Waals surface area contributed by atoms with Crippen molar-refractivity contribution in [2.24, 2.45) is 0 Å². The minimum atomic E-state index is -1.01. The number of hydrogen-bond donors (Lipinski definition) is 3. The van der Waals surface area contributed by atoms with E-state index in [0.717, 1.165) is 0 Å². The van der Waals surface area contributed by atoms with Crippen LogP contribution in [0.25, 0.3) is 0 Å². The molecular formula is C16H23Cl2N3O3. The molecule has 0 bridgehead atoms. The first-order chi connectivity index (χ1) is 11.2. The number of likely N-dealkylation sites (N-methyl/N-ethyl adjacent to an activating group) is 1. The molecule has 1 atom stereocenters. The van der Waals surface area contributed by atoms with E-state index in [9.17, 15) is 14.7 Å². The molecule has 6 nitrogen and oxygen atoms in total. The summed E-state index contributed by atoms with van der Waals surface area (Å²) in [6, 6.07) is 4.97. The second-order valence-corrected chi connectivity index (χ2v) is 6.66. The van der Waals surface area contributed by atoms with Crippen molar-refractivity contribution >= 4 is 35.0 Å². The zero-order valence-corrected chi connectivity index (χ0v) is 15.5. The molecule has 8 heteroatoms. The Balaban J connectivity index is 2.44. The Kier molecular flexibility index (Phi) is 8.48. The van der Waals surface area contributed by atoms with Crippen LogP contribution in [0.15, 0.2) is 18.2 Å². The normalized spacial score (nSPS) is 12.3. The second-order valence-electron chi connectivity index (χ2n) is 5.85. The van der Waals surface area contributed by atoms with Gasteiger partial charge in [0.25, 0.3) is 0 Å². The van der Waals surface area contributed by atoms with Crippen LogP contribution < -0.4 is 10.6 Å². The fraction of sp³-hybridized carbons (Fsp3) is 0.500. The van der Waals surface area contributed by atoms with E-state index in [2.05, 4.69) is 10.6 Å². The van der Waals surface area contributed by atoms with Crippen LogP contribution in [0, 0.1) is 0 Å². The van der Waals surface area contributed by atoms with Gasteiger partial charge in [-0.05, 0) is 33.0 Å². The Labute approximate surface area is 152 Å². The monoisotopic (exact) mass is 375 g/mol. The van der Waals surface area contributed by atoms with Crippen LogP contribution in [0.2, 0.25) is 10.0 Å². The quantitative estimate of drug-likeness (QED) is 0.644. The fourth-order valence-electron chi connectivity index (χ4n) is 2.11. The van der Waals surface area contributed by atoms with Crippen molar-refractivity contribution in [3.63, 3.8) is 0 Å². The summed E-state index contributed by atoms with van der Waals surface area (Å²) in [5.74, 6) is -0.458. The van der Waals surface area contributed by atoms with Crippen LogP contribution >= 0.6 is 23.2 Å². The molecule has 1 aromatic rings. The maximum atomic E-state index is 11.9. The lowest BCUT2D eigenvalue weighted by Gasteiger charge is -2.19. The van der Waals surface area contributed by atoms with Gasteiger partial charge in [0.1, 0.15) is 0 Å². The summed E-state index contributed by atoms with van der Waals surface area (Å²) in [6.07, 6.45) is -1.01. The molecule has 0 aliphatic carbocycles. The van der Waals surface area contributed by atoms with Gasteiger partial charge in [-0.25, -0.2) is 0 Å². The van der Waals surface area contributed by atoms with E-state index < -0.39 is 6.10 Å². The number of nitrogens with one attached hydrogen (secondary N) is 2. The minimum Gasteiger partial charge on any atom is -0.386 e. The molecule has 0 aliphatic heterocycles. The highest BCUT2D eigenvalue weighted by atomic mass is 35.5. The van der Waals surface area contributed by atoms with Gasteiger partial charge < -0.3 is 15.7 Å². The molecule has 0 radical (unpaired) electrons. The van der Waals surface area contributed by atoms with Crippen molar-refractivity contribution in [1.29, 1.82) is 0 Å². The van der Waals surface area contributed by atoms with E-state index in [0.29, 0.717) is 15.6 Å². The number of benzene rings is 1. The molecule has 0 spiro atoms. The molecular weight excluding hydrogens is 353 g/mol. The summed E-state index contributed by atoms with van der Waals surface area (Å²) in [4.78, 5) is 25.1. The molecule has 1 rings (SSSR count). The van der Waals surface area contributed by atoms with Gasteiger partial charge in [0.2, 0.25) is 11.8 Å². The fourth-order valence-corrected chi connectivity index (χ4v) is 2.76. The predicted octanol–water partition coefficient (Wildman–Crippen LogP) is 1.60. The molecule has 0 heterocycles. The summed E-state index contributed by atoms with van der Waals surface area (Å²) in [7, 11) is 1.67. The predicted molar refractivity (Wildman–Crippen MR) is 95.2 cm³/mol. The number of aliphatic hydroxyl groups excluding tert-OH is 1. The third-order valence-electron chi connectivity index (χ3n) is 3.10.